The van der Waals surface area contributed by atoms with Crippen molar-refractivity contribution in [3.8, 4) is 0 Å². The first-order valence-electron chi connectivity index (χ1n) is 9.92. The summed E-state index contributed by atoms with van der Waals surface area (Å²) in [6.07, 6.45) is 7.13. The van der Waals surface area contributed by atoms with E-state index in [0.717, 1.165) is 64.2 Å². The van der Waals surface area contributed by atoms with Crippen molar-refractivity contribution >= 4 is 5.91 Å². The summed E-state index contributed by atoms with van der Waals surface area (Å²) in [5.74, 6) is 1.72. The Morgan fingerprint density at radius 3 is 2.84 bits per heavy atom. The maximum Gasteiger partial charge on any atom is 0.222 e. The zero-order valence-corrected chi connectivity index (χ0v) is 15.3. The largest absolute Gasteiger partial charge is 0.348 e. The fourth-order valence-electron chi connectivity index (χ4n) is 4.91. The van der Waals surface area contributed by atoms with E-state index in [2.05, 4.69) is 32.0 Å². The Kier molecular flexibility index (Phi) is 5.08. The summed E-state index contributed by atoms with van der Waals surface area (Å²) >= 11 is 0. The van der Waals surface area contributed by atoms with Gasteiger partial charge in [0.05, 0.1) is 12.0 Å². The number of amides is 1. The van der Waals surface area contributed by atoms with Crippen LogP contribution in [0.15, 0.2) is 6.33 Å². The van der Waals surface area contributed by atoms with Crippen LogP contribution in [0.5, 0.6) is 0 Å². The number of carbonyl (C=O) groups excluding carboxylic acids is 1. The molecule has 138 valence electrons. The Morgan fingerprint density at radius 2 is 2.08 bits per heavy atom. The molecule has 1 amide bonds. The van der Waals surface area contributed by atoms with Crippen LogP contribution in [0.1, 0.15) is 43.5 Å². The molecule has 2 N–H and O–H groups in total. The van der Waals surface area contributed by atoms with Crippen LogP contribution in [0, 0.1) is 18.8 Å². The number of nitrogens with one attached hydrogen (secondary N) is 2. The quantitative estimate of drug-likeness (QED) is 0.869. The number of hydrogen-bond donors (Lipinski definition) is 2. The second-order valence-corrected chi connectivity index (χ2v) is 8.10. The van der Waals surface area contributed by atoms with Gasteiger partial charge in [-0.15, -0.1) is 0 Å². The monoisotopic (exact) mass is 345 g/mol. The van der Waals surface area contributed by atoms with Crippen molar-refractivity contribution in [2.24, 2.45) is 11.8 Å². The molecule has 3 saturated heterocycles. The number of H-pyrrole nitrogens is 1. The van der Waals surface area contributed by atoms with Crippen molar-refractivity contribution in [2.45, 2.75) is 51.6 Å². The normalized spacial score (nSPS) is 29.0. The first-order chi connectivity index (χ1) is 12.2. The third-order valence-corrected chi connectivity index (χ3v) is 6.45. The summed E-state index contributed by atoms with van der Waals surface area (Å²) < 4.78 is 0. The molecule has 6 nitrogen and oxygen atoms in total. The van der Waals surface area contributed by atoms with E-state index in [1.165, 1.54) is 18.5 Å². The molecule has 6 heteroatoms. The first kappa shape index (κ1) is 17.0. The average Bonchev–Trinajstić information content (AvgIpc) is 3.03. The summed E-state index contributed by atoms with van der Waals surface area (Å²) in [6.45, 7) is 8.40. The number of aromatic amines is 1. The Labute approximate surface area is 150 Å². The molecular formula is C19H31N5O. The number of rotatable bonds is 4. The number of carbonyl (C=O) groups is 1. The Bertz CT molecular complexity index is 594. The fourth-order valence-corrected chi connectivity index (χ4v) is 4.91. The zero-order chi connectivity index (χ0) is 17.2. The molecule has 0 radical (unpaired) electrons. The molecule has 0 unspecified atom stereocenters. The smallest absolute Gasteiger partial charge is 0.222 e. The lowest BCUT2D eigenvalue weighted by Crippen LogP contribution is -2.57. The van der Waals surface area contributed by atoms with Gasteiger partial charge >= 0.3 is 0 Å². The number of hydrogen-bond acceptors (Lipinski definition) is 4. The van der Waals surface area contributed by atoms with Crippen LogP contribution in [-0.4, -0.2) is 64.4 Å². The molecule has 4 rings (SSSR count). The van der Waals surface area contributed by atoms with E-state index in [4.69, 9.17) is 0 Å². The van der Waals surface area contributed by atoms with Gasteiger partial charge in [0.15, 0.2) is 0 Å². The van der Waals surface area contributed by atoms with Crippen LogP contribution in [0.25, 0.3) is 0 Å². The van der Waals surface area contributed by atoms with Gasteiger partial charge in [0, 0.05) is 44.3 Å². The van der Waals surface area contributed by atoms with Crippen molar-refractivity contribution in [1.82, 2.24) is 25.1 Å². The van der Waals surface area contributed by atoms with E-state index in [1.807, 2.05) is 0 Å². The van der Waals surface area contributed by atoms with Crippen molar-refractivity contribution in [1.29, 1.82) is 0 Å². The molecule has 1 aromatic heterocycles. The van der Waals surface area contributed by atoms with Crippen LogP contribution >= 0.6 is 0 Å². The van der Waals surface area contributed by atoms with Crippen molar-refractivity contribution in [3.05, 3.63) is 17.7 Å². The number of aryl methyl sites for hydroxylation is 1. The minimum absolute atomic E-state index is 0.399. The predicted octanol–water partition coefficient (Wildman–Crippen LogP) is 1.53. The van der Waals surface area contributed by atoms with E-state index < -0.39 is 0 Å². The van der Waals surface area contributed by atoms with Gasteiger partial charge in [0.2, 0.25) is 5.91 Å². The van der Waals surface area contributed by atoms with E-state index in [9.17, 15) is 4.79 Å². The Hall–Kier alpha value is -1.40. The summed E-state index contributed by atoms with van der Waals surface area (Å²) in [5, 5.41) is 3.43. The van der Waals surface area contributed by atoms with Crippen molar-refractivity contribution in [3.63, 3.8) is 0 Å². The third-order valence-electron chi connectivity index (χ3n) is 6.45. The van der Waals surface area contributed by atoms with Crippen LogP contribution in [0.2, 0.25) is 0 Å². The minimum Gasteiger partial charge on any atom is -0.348 e. The number of fused-ring (bicyclic) bond motifs is 1. The maximum atomic E-state index is 12.6. The molecule has 3 fully saturated rings. The average molecular weight is 345 g/mol. The number of nitrogens with zero attached hydrogens (tertiary/aromatic N) is 3. The van der Waals surface area contributed by atoms with E-state index >= 15 is 0 Å². The number of imidazole rings is 1. The Morgan fingerprint density at radius 1 is 1.24 bits per heavy atom. The van der Waals surface area contributed by atoms with Gasteiger partial charge in [-0.25, -0.2) is 4.98 Å². The molecule has 3 aliphatic rings. The Balaban J connectivity index is 1.38. The van der Waals surface area contributed by atoms with Gasteiger partial charge in [-0.3, -0.25) is 9.69 Å². The molecule has 0 saturated carbocycles. The van der Waals surface area contributed by atoms with Gasteiger partial charge in [0.1, 0.15) is 0 Å². The minimum atomic E-state index is 0.399. The fraction of sp³-hybridized carbons (Fsp3) is 0.789. The van der Waals surface area contributed by atoms with E-state index in [1.54, 1.807) is 6.33 Å². The molecule has 1 aromatic rings. The molecule has 25 heavy (non-hydrogen) atoms. The van der Waals surface area contributed by atoms with Crippen molar-refractivity contribution in [2.75, 3.05) is 32.7 Å². The van der Waals surface area contributed by atoms with Crippen molar-refractivity contribution < 1.29 is 4.79 Å². The first-order valence-corrected chi connectivity index (χ1v) is 9.92. The molecule has 0 aliphatic carbocycles. The predicted molar refractivity (Wildman–Crippen MR) is 97.0 cm³/mol. The molecule has 2 atom stereocenters. The maximum absolute atomic E-state index is 12.6. The highest BCUT2D eigenvalue weighted by molar-refractivity contribution is 5.77. The second-order valence-electron chi connectivity index (χ2n) is 8.10. The highest BCUT2D eigenvalue weighted by atomic mass is 16.2. The summed E-state index contributed by atoms with van der Waals surface area (Å²) in [7, 11) is 0. The molecule has 4 heterocycles. The molecule has 0 aromatic carbocycles. The molecule has 0 spiro atoms. The van der Waals surface area contributed by atoms with E-state index in [0.29, 0.717) is 23.8 Å². The van der Waals surface area contributed by atoms with Crippen LogP contribution in [0.4, 0.5) is 0 Å². The van der Waals surface area contributed by atoms with Crippen LogP contribution in [0.3, 0.4) is 0 Å². The molecule has 3 aliphatic heterocycles. The number of likely N-dealkylation sites (tertiary alicyclic amines) is 2. The van der Waals surface area contributed by atoms with Gasteiger partial charge < -0.3 is 15.2 Å². The SMILES string of the molecule is Cc1[nH]cnc1CN1CC[C@@H]2[C@@H](CCC(=O)N2CC2CCNCC2)C1. The summed E-state index contributed by atoms with van der Waals surface area (Å²) in [6, 6.07) is 0.465. The molecular weight excluding hydrogens is 314 g/mol. The third kappa shape index (κ3) is 3.75. The number of aromatic nitrogens is 2. The van der Waals surface area contributed by atoms with Gasteiger partial charge in [0.25, 0.3) is 0 Å². The standard InChI is InChI=1S/C19H31N5O/c1-14-17(22-13-21-14)12-23-9-6-18-16(11-23)2-3-19(25)24(18)10-15-4-7-20-8-5-15/h13,15-16,18,20H,2-12H2,1H3,(H,21,22)/t16-,18+/m0/s1. The van der Waals surface area contributed by atoms with Gasteiger partial charge in [-0.1, -0.05) is 0 Å². The van der Waals surface area contributed by atoms with Gasteiger partial charge in [-0.2, -0.15) is 0 Å². The van der Waals surface area contributed by atoms with E-state index in [-0.39, 0.29) is 0 Å². The highest BCUT2D eigenvalue weighted by Gasteiger charge is 2.40. The number of piperidine rings is 3. The lowest BCUT2D eigenvalue weighted by atomic mass is 9.82. The summed E-state index contributed by atoms with van der Waals surface area (Å²) in [4.78, 5) is 25.0. The zero-order valence-electron chi connectivity index (χ0n) is 15.3. The lowest BCUT2D eigenvalue weighted by Gasteiger charge is -2.48. The van der Waals surface area contributed by atoms with Crippen LogP contribution in [-0.2, 0) is 11.3 Å². The van der Waals surface area contributed by atoms with Gasteiger partial charge in [-0.05, 0) is 57.5 Å². The topological polar surface area (TPSA) is 64.3 Å². The lowest BCUT2D eigenvalue weighted by molar-refractivity contribution is -0.142. The summed E-state index contributed by atoms with van der Waals surface area (Å²) in [5.41, 5.74) is 2.34. The second kappa shape index (κ2) is 7.46. The molecule has 0 bridgehead atoms. The van der Waals surface area contributed by atoms with Crippen LogP contribution < -0.4 is 5.32 Å². The highest BCUT2D eigenvalue weighted by Crippen LogP contribution is 2.33.